The Balaban J connectivity index is 3.51. The summed E-state index contributed by atoms with van der Waals surface area (Å²) in [5, 5.41) is 0. The van der Waals surface area contributed by atoms with Crippen molar-refractivity contribution in [2.24, 2.45) is 0 Å². The van der Waals surface area contributed by atoms with Gasteiger partial charge in [-0.05, 0) is 59.9 Å². The maximum absolute atomic E-state index is 2.57. The van der Waals surface area contributed by atoms with Crippen LogP contribution in [0.3, 0.4) is 0 Å². The summed E-state index contributed by atoms with van der Waals surface area (Å²) >= 11 is 0. The van der Waals surface area contributed by atoms with Crippen LogP contribution in [-0.2, 0) is 0 Å². The van der Waals surface area contributed by atoms with E-state index in [2.05, 4.69) is 44.7 Å². The molecule has 0 rings (SSSR count). The highest BCUT2D eigenvalue weighted by atomic mass is 15.1. The van der Waals surface area contributed by atoms with E-state index in [1.165, 1.54) is 103 Å². The molecule has 0 bridgehead atoms. The molecule has 0 aromatic rings. The third kappa shape index (κ3) is 15.4. The summed E-state index contributed by atoms with van der Waals surface area (Å²) in [5.74, 6) is 0. The Hall–Kier alpha value is -0.0800. The summed E-state index contributed by atoms with van der Waals surface area (Å²) in [5.41, 5.74) is 0. The zero-order chi connectivity index (χ0) is 18.0. The molecule has 2 heteroatoms. The van der Waals surface area contributed by atoms with Crippen LogP contribution in [0.15, 0.2) is 0 Å². The highest BCUT2D eigenvalue weighted by Crippen LogP contribution is 2.09. The fraction of sp³-hybridized carbons (Fsp3) is 1.00. The van der Waals surface area contributed by atoms with Crippen LogP contribution in [0.1, 0.15) is 104 Å². The molecule has 0 amide bonds. The second kappa shape index (κ2) is 17.7. The van der Waals surface area contributed by atoms with Gasteiger partial charge in [-0.3, -0.25) is 0 Å². The van der Waals surface area contributed by atoms with E-state index in [0.29, 0.717) is 6.04 Å². The van der Waals surface area contributed by atoms with Gasteiger partial charge in [0.15, 0.2) is 0 Å². The van der Waals surface area contributed by atoms with Crippen LogP contribution < -0.4 is 0 Å². The van der Waals surface area contributed by atoms with Crippen molar-refractivity contribution in [1.29, 1.82) is 0 Å². The first-order valence-electron chi connectivity index (χ1n) is 11.0. The van der Waals surface area contributed by atoms with Gasteiger partial charge < -0.3 is 9.80 Å². The predicted molar refractivity (Wildman–Crippen MR) is 111 cm³/mol. The van der Waals surface area contributed by atoms with Gasteiger partial charge in [-0.25, -0.2) is 0 Å². The van der Waals surface area contributed by atoms with E-state index < -0.39 is 0 Å². The Morgan fingerprint density at radius 1 is 0.583 bits per heavy atom. The molecule has 0 radical (unpaired) electrons. The van der Waals surface area contributed by atoms with Crippen LogP contribution in [0.25, 0.3) is 0 Å². The second-order valence-electron chi connectivity index (χ2n) is 7.96. The van der Waals surface area contributed by atoms with Crippen molar-refractivity contribution in [1.82, 2.24) is 9.80 Å². The number of hydrogen-bond acceptors (Lipinski definition) is 2. The Kier molecular flexibility index (Phi) is 17.7. The molecule has 24 heavy (non-hydrogen) atoms. The van der Waals surface area contributed by atoms with Crippen molar-refractivity contribution in [3.63, 3.8) is 0 Å². The van der Waals surface area contributed by atoms with Crippen molar-refractivity contribution >= 4 is 0 Å². The lowest BCUT2D eigenvalue weighted by Gasteiger charge is -2.27. The summed E-state index contributed by atoms with van der Waals surface area (Å²) in [6.07, 6.45) is 18.1. The van der Waals surface area contributed by atoms with E-state index in [0.717, 1.165) is 0 Å². The maximum Gasteiger partial charge on any atom is 0.00760 e. The Labute approximate surface area is 154 Å². The first-order valence-corrected chi connectivity index (χ1v) is 11.0. The van der Waals surface area contributed by atoms with E-state index in [-0.39, 0.29) is 0 Å². The molecule has 0 spiro atoms. The molecule has 0 aromatic heterocycles. The summed E-state index contributed by atoms with van der Waals surface area (Å²) in [6, 6.07) is 0.715. The molecule has 0 fully saturated rings. The normalized spacial score (nSPS) is 13.1. The highest BCUT2D eigenvalue weighted by molar-refractivity contribution is 4.66. The second-order valence-corrected chi connectivity index (χ2v) is 7.96. The largest absolute Gasteiger partial charge is 0.306 e. The predicted octanol–water partition coefficient (Wildman–Crippen LogP) is 6.35. The van der Waals surface area contributed by atoms with Crippen LogP contribution >= 0.6 is 0 Å². The smallest absolute Gasteiger partial charge is 0.00760 e. The van der Waals surface area contributed by atoms with Gasteiger partial charge in [0.05, 0.1) is 0 Å². The summed E-state index contributed by atoms with van der Waals surface area (Å²) < 4.78 is 0. The van der Waals surface area contributed by atoms with Crippen LogP contribution in [-0.4, -0.2) is 49.6 Å². The van der Waals surface area contributed by atoms with Crippen LogP contribution in [0.2, 0.25) is 0 Å². The SMILES string of the molecule is CCCCCCCCN(C)CCC(C)N(C)CCCCCCCC. The molecular weight excluding hydrogens is 292 g/mol. The van der Waals surface area contributed by atoms with Crippen molar-refractivity contribution in [3.8, 4) is 0 Å². The molecule has 0 aromatic carbocycles. The average molecular weight is 341 g/mol. The first-order chi connectivity index (χ1) is 11.6. The van der Waals surface area contributed by atoms with Gasteiger partial charge in [-0.1, -0.05) is 78.1 Å². The molecule has 2 nitrogen and oxygen atoms in total. The zero-order valence-corrected chi connectivity index (χ0v) is 17.8. The van der Waals surface area contributed by atoms with E-state index in [9.17, 15) is 0 Å². The van der Waals surface area contributed by atoms with E-state index >= 15 is 0 Å². The lowest BCUT2D eigenvalue weighted by Crippen LogP contribution is -2.33. The van der Waals surface area contributed by atoms with Crippen molar-refractivity contribution < 1.29 is 0 Å². The minimum Gasteiger partial charge on any atom is -0.306 e. The minimum atomic E-state index is 0.715. The van der Waals surface area contributed by atoms with Gasteiger partial charge >= 0.3 is 0 Å². The lowest BCUT2D eigenvalue weighted by atomic mass is 10.1. The molecule has 0 saturated carbocycles. The molecule has 1 atom stereocenters. The van der Waals surface area contributed by atoms with E-state index in [4.69, 9.17) is 0 Å². The maximum atomic E-state index is 2.57. The Bertz CT molecular complexity index is 242. The summed E-state index contributed by atoms with van der Waals surface area (Å²) in [7, 11) is 4.61. The molecule has 0 aliphatic heterocycles. The number of rotatable bonds is 18. The summed E-state index contributed by atoms with van der Waals surface area (Å²) in [4.78, 5) is 5.10. The summed E-state index contributed by atoms with van der Waals surface area (Å²) in [6.45, 7) is 10.8. The van der Waals surface area contributed by atoms with Crippen LogP contribution in [0.4, 0.5) is 0 Å². The fourth-order valence-corrected chi connectivity index (χ4v) is 3.26. The molecular formula is C22H48N2. The molecule has 0 heterocycles. The van der Waals surface area contributed by atoms with Gasteiger partial charge in [0, 0.05) is 6.04 Å². The standard InChI is InChI=1S/C22H48N2/c1-6-8-10-12-14-16-19-23(4)21-18-22(3)24(5)20-17-15-13-11-9-7-2/h22H,6-21H2,1-5H3. The van der Waals surface area contributed by atoms with Gasteiger partial charge in [-0.2, -0.15) is 0 Å². The van der Waals surface area contributed by atoms with E-state index in [1.54, 1.807) is 0 Å². The number of nitrogens with zero attached hydrogens (tertiary/aromatic N) is 2. The molecule has 0 aliphatic carbocycles. The van der Waals surface area contributed by atoms with Crippen molar-refractivity contribution in [2.75, 3.05) is 33.7 Å². The van der Waals surface area contributed by atoms with E-state index in [1.807, 2.05) is 0 Å². The average Bonchev–Trinajstić information content (AvgIpc) is 2.58. The lowest BCUT2D eigenvalue weighted by molar-refractivity contribution is 0.212. The quantitative estimate of drug-likeness (QED) is 0.268. The van der Waals surface area contributed by atoms with Gasteiger partial charge in [0.2, 0.25) is 0 Å². The number of unbranched alkanes of at least 4 members (excludes halogenated alkanes) is 10. The molecule has 0 N–H and O–H groups in total. The molecule has 146 valence electrons. The van der Waals surface area contributed by atoms with Gasteiger partial charge in [0.1, 0.15) is 0 Å². The molecule has 1 unspecified atom stereocenters. The molecule has 0 saturated heterocycles. The van der Waals surface area contributed by atoms with Crippen molar-refractivity contribution in [2.45, 2.75) is 110 Å². The topological polar surface area (TPSA) is 6.48 Å². The highest BCUT2D eigenvalue weighted by Gasteiger charge is 2.09. The Morgan fingerprint density at radius 3 is 1.58 bits per heavy atom. The number of hydrogen-bond donors (Lipinski definition) is 0. The van der Waals surface area contributed by atoms with Gasteiger partial charge in [-0.15, -0.1) is 0 Å². The van der Waals surface area contributed by atoms with Crippen LogP contribution in [0, 0.1) is 0 Å². The fourth-order valence-electron chi connectivity index (χ4n) is 3.26. The zero-order valence-electron chi connectivity index (χ0n) is 17.8. The third-order valence-electron chi connectivity index (χ3n) is 5.44. The monoisotopic (exact) mass is 340 g/mol. The van der Waals surface area contributed by atoms with Crippen molar-refractivity contribution in [3.05, 3.63) is 0 Å². The third-order valence-corrected chi connectivity index (χ3v) is 5.44. The Morgan fingerprint density at radius 2 is 1.04 bits per heavy atom. The van der Waals surface area contributed by atoms with Gasteiger partial charge in [0.25, 0.3) is 0 Å². The van der Waals surface area contributed by atoms with Crippen LogP contribution in [0.5, 0.6) is 0 Å². The minimum absolute atomic E-state index is 0.715. The molecule has 0 aliphatic rings. The first kappa shape index (κ1) is 23.9.